The molecule has 0 saturated heterocycles. The predicted molar refractivity (Wildman–Crippen MR) is 103 cm³/mol. The molecule has 1 aromatic rings. The van der Waals surface area contributed by atoms with Crippen LogP contribution in [0.4, 0.5) is 0 Å². The van der Waals surface area contributed by atoms with Gasteiger partial charge in [-0.15, -0.1) is 0 Å². The first-order chi connectivity index (χ1) is 13.6. The molecule has 29 heavy (non-hydrogen) atoms. The number of nitrogens with one attached hydrogen (secondary N) is 1. The molecule has 0 radical (unpaired) electrons. The largest absolute Gasteiger partial charge is 0.547 e. The number of carbonyl (C=O) groups is 3. The molecule has 158 valence electrons. The minimum absolute atomic E-state index is 0.0314. The van der Waals surface area contributed by atoms with Crippen LogP contribution in [0.15, 0.2) is 12.1 Å². The number of hydrogen-bond donors (Lipinski definition) is 2. The molecule has 1 amide bonds. The summed E-state index contributed by atoms with van der Waals surface area (Å²) in [4.78, 5) is 36.1. The van der Waals surface area contributed by atoms with Gasteiger partial charge in [-0.05, 0) is 38.8 Å². The van der Waals surface area contributed by atoms with Gasteiger partial charge in [0.2, 0.25) is 12.7 Å². The van der Waals surface area contributed by atoms with Gasteiger partial charge in [-0.25, -0.2) is 4.79 Å². The second-order valence-electron chi connectivity index (χ2n) is 7.60. The third kappa shape index (κ3) is 5.41. The van der Waals surface area contributed by atoms with E-state index >= 15 is 0 Å². The number of benzene rings is 1. The van der Waals surface area contributed by atoms with Crippen LogP contribution in [0.3, 0.4) is 0 Å². The van der Waals surface area contributed by atoms with Crippen LogP contribution < -0.4 is 14.7 Å². The van der Waals surface area contributed by atoms with Crippen LogP contribution in [0.5, 0.6) is 11.5 Å². The average molecular weight is 407 g/mol. The van der Waals surface area contributed by atoms with E-state index in [4.69, 9.17) is 18.9 Å². The average Bonchev–Trinajstić information content (AvgIpc) is 2.66. The molecular formula is C19H26BNO8. The number of esters is 2. The lowest BCUT2D eigenvalue weighted by Gasteiger charge is -2.29. The Balaban J connectivity index is 2.20. The van der Waals surface area contributed by atoms with Crippen LogP contribution in [0.1, 0.15) is 50.0 Å². The van der Waals surface area contributed by atoms with Gasteiger partial charge in [-0.1, -0.05) is 13.0 Å². The van der Waals surface area contributed by atoms with E-state index in [1.54, 1.807) is 39.8 Å². The van der Waals surface area contributed by atoms with Crippen molar-refractivity contribution in [2.75, 3.05) is 13.9 Å². The topological polar surface area (TPSA) is 120 Å². The van der Waals surface area contributed by atoms with Gasteiger partial charge in [0.15, 0.2) is 0 Å². The Hall–Kier alpha value is -2.75. The van der Waals surface area contributed by atoms with Crippen LogP contribution in [0.25, 0.3) is 0 Å². The molecule has 0 spiro atoms. The van der Waals surface area contributed by atoms with Crippen molar-refractivity contribution >= 4 is 25.0 Å². The van der Waals surface area contributed by atoms with Crippen molar-refractivity contribution in [2.24, 2.45) is 5.41 Å². The van der Waals surface area contributed by atoms with Crippen molar-refractivity contribution in [2.45, 2.75) is 46.5 Å². The number of ether oxygens (including phenoxy) is 3. The minimum Gasteiger partial charge on any atom is -0.534 e. The normalized spacial score (nSPS) is 15.7. The first-order valence-electron chi connectivity index (χ1n) is 9.26. The molecule has 0 aliphatic carbocycles. The molecule has 0 saturated carbocycles. The van der Waals surface area contributed by atoms with E-state index in [1.165, 1.54) is 7.11 Å². The van der Waals surface area contributed by atoms with Crippen LogP contribution >= 0.6 is 0 Å². The third-order valence-electron chi connectivity index (χ3n) is 4.31. The number of rotatable bonds is 6. The standard InChI is InChI=1S/C19H26BNO8/c1-6-14(22)21-13-9-11-7-8-12(26-5)15(16(11)29-20(13)25)17(23)27-10-28-18(24)19(2,3)4/h7-8,13,25H,6,9-10H2,1-5H3,(H,21,22). The van der Waals surface area contributed by atoms with E-state index < -0.39 is 37.2 Å². The zero-order valence-corrected chi connectivity index (χ0v) is 17.2. The summed E-state index contributed by atoms with van der Waals surface area (Å²) in [5.41, 5.74) is -0.173. The zero-order chi connectivity index (χ0) is 21.8. The first-order valence-corrected chi connectivity index (χ1v) is 9.26. The summed E-state index contributed by atoms with van der Waals surface area (Å²) in [5.74, 6) is -1.95. The SMILES string of the molecule is CCC(=O)NC1Cc2ccc(OC)c(C(=O)OCOC(=O)C(C)(C)C)c2OB1O. The van der Waals surface area contributed by atoms with E-state index in [-0.39, 0.29) is 35.8 Å². The Bertz CT molecular complexity index is 789. The van der Waals surface area contributed by atoms with Crippen LogP contribution in [0.2, 0.25) is 0 Å². The highest BCUT2D eigenvalue weighted by atomic mass is 16.7. The van der Waals surface area contributed by atoms with Gasteiger partial charge < -0.3 is 29.2 Å². The van der Waals surface area contributed by atoms with Gasteiger partial charge in [0, 0.05) is 6.42 Å². The molecule has 1 aromatic carbocycles. The van der Waals surface area contributed by atoms with Gasteiger partial charge in [-0.2, -0.15) is 0 Å². The van der Waals surface area contributed by atoms with Crippen molar-refractivity contribution in [1.29, 1.82) is 0 Å². The smallest absolute Gasteiger partial charge is 0.534 e. The fraction of sp³-hybridized carbons (Fsp3) is 0.526. The summed E-state index contributed by atoms with van der Waals surface area (Å²) in [6.45, 7) is 6.16. The molecule has 1 aliphatic rings. The quantitative estimate of drug-likeness (QED) is 0.411. The Morgan fingerprint density at radius 1 is 1.28 bits per heavy atom. The molecule has 0 fully saturated rings. The number of fused-ring (bicyclic) bond motifs is 1. The number of amides is 1. The van der Waals surface area contributed by atoms with Crippen molar-refractivity contribution in [3.63, 3.8) is 0 Å². The maximum absolute atomic E-state index is 12.6. The van der Waals surface area contributed by atoms with Crippen molar-refractivity contribution < 1.29 is 38.3 Å². The lowest BCUT2D eigenvalue weighted by atomic mass is 9.72. The Labute approximate surface area is 169 Å². The molecule has 2 rings (SSSR count). The lowest BCUT2D eigenvalue weighted by Crippen LogP contribution is -2.53. The molecule has 1 unspecified atom stereocenters. The second kappa shape index (κ2) is 9.17. The minimum atomic E-state index is -1.35. The van der Waals surface area contributed by atoms with E-state index in [1.807, 2.05) is 0 Å². The molecule has 10 heteroatoms. The summed E-state index contributed by atoms with van der Waals surface area (Å²) in [6.07, 6.45) is 0.523. The molecule has 1 aliphatic heterocycles. The van der Waals surface area contributed by atoms with E-state index in [9.17, 15) is 19.4 Å². The van der Waals surface area contributed by atoms with Crippen molar-refractivity contribution in [3.05, 3.63) is 23.3 Å². The van der Waals surface area contributed by atoms with Crippen molar-refractivity contribution in [3.8, 4) is 11.5 Å². The van der Waals surface area contributed by atoms with Gasteiger partial charge in [-0.3, -0.25) is 9.59 Å². The Kier molecular flexibility index (Phi) is 7.13. The molecule has 1 atom stereocenters. The van der Waals surface area contributed by atoms with Crippen LogP contribution in [-0.4, -0.2) is 49.8 Å². The highest BCUT2D eigenvalue weighted by Crippen LogP contribution is 2.36. The fourth-order valence-electron chi connectivity index (χ4n) is 2.66. The molecule has 0 bridgehead atoms. The van der Waals surface area contributed by atoms with Crippen LogP contribution in [-0.2, 0) is 25.5 Å². The van der Waals surface area contributed by atoms with Crippen LogP contribution in [0, 0.1) is 5.41 Å². The summed E-state index contributed by atoms with van der Waals surface area (Å²) < 4.78 is 20.7. The first kappa shape index (κ1) is 22.5. The summed E-state index contributed by atoms with van der Waals surface area (Å²) >= 11 is 0. The van der Waals surface area contributed by atoms with Gasteiger partial charge in [0.25, 0.3) is 0 Å². The monoisotopic (exact) mass is 407 g/mol. The molecular weight excluding hydrogens is 381 g/mol. The van der Waals surface area contributed by atoms with E-state index in [2.05, 4.69) is 5.32 Å². The van der Waals surface area contributed by atoms with E-state index in [0.29, 0.717) is 5.56 Å². The highest BCUT2D eigenvalue weighted by Gasteiger charge is 2.39. The fourth-order valence-corrected chi connectivity index (χ4v) is 2.66. The number of methoxy groups -OCH3 is 1. The van der Waals surface area contributed by atoms with Crippen molar-refractivity contribution in [1.82, 2.24) is 5.32 Å². The van der Waals surface area contributed by atoms with Gasteiger partial charge in [0.05, 0.1) is 18.5 Å². The Morgan fingerprint density at radius 3 is 2.55 bits per heavy atom. The Morgan fingerprint density at radius 2 is 1.97 bits per heavy atom. The summed E-state index contributed by atoms with van der Waals surface area (Å²) in [7, 11) is 0.0251. The summed E-state index contributed by atoms with van der Waals surface area (Å²) in [5, 5.41) is 12.9. The lowest BCUT2D eigenvalue weighted by molar-refractivity contribution is -0.161. The maximum Gasteiger partial charge on any atom is 0.547 e. The predicted octanol–water partition coefficient (Wildman–Crippen LogP) is 1.25. The second-order valence-corrected chi connectivity index (χ2v) is 7.60. The molecule has 0 aromatic heterocycles. The summed E-state index contributed by atoms with van der Waals surface area (Å²) in [6, 6.07) is 3.25. The molecule has 9 nitrogen and oxygen atoms in total. The zero-order valence-electron chi connectivity index (χ0n) is 17.2. The number of hydrogen-bond acceptors (Lipinski definition) is 8. The third-order valence-corrected chi connectivity index (χ3v) is 4.31. The highest BCUT2D eigenvalue weighted by molar-refractivity contribution is 6.47. The van der Waals surface area contributed by atoms with Gasteiger partial charge in [0.1, 0.15) is 17.1 Å². The number of carbonyl (C=O) groups excluding carboxylic acids is 3. The van der Waals surface area contributed by atoms with E-state index in [0.717, 1.165) is 0 Å². The molecule has 2 N–H and O–H groups in total. The maximum atomic E-state index is 12.6. The molecule has 1 heterocycles. The van der Waals surface area contributed by atoms with Gasteiger partial charge >= 0.3 is 19.1 Å².